The molecule has 2 nitrogen and oxygen atoms in total. The molecular formula is C15H13Cl4NO. The summed E-state index contributed by atoms with van der Waals surface area (Å²) in [4.78, 5) is 0. The van der Waals surface area contributed by atoms with Crippen molar-refractivity contribution >= 4 is 46.4 Å². The van der Waals surface area contributed by atoms with E-state index in [1.807, 2.05) is 19.1 Å². The number of hydrogen-bond acceptors (Lipinski definition) is 2. The molecule has 112 valence electrons. The van der Waals surface area contributed by atoms with Crippen molar-refractivity contribution in [1.29, 1.82) is 0 Å². The van der Waals surface area contributed by atoms with E-state index in [0.29, 0.717) is 38.1 Å². The molecule has 0 bridgehead atoms. The Balaban J connectivity index is 2.34. The van der Waals surface area contributed by atoms with Crippen LogP contribution in [0.25, 0.3) is 0 Å². The molecule has 0 fully saturated rings. The summed E-state index contributed by atoms with van der Waals surface area (Å²) < 4.78 is 5.85. The summed E-state index contributed by atoms with van der Waals surface area (Å²) in [6.45, 7) is 3.56. The van der Waals surface area contributed by atoms with Crippen LogP contribution >= 0.6 is 46.4 Å². The van der Waals surface area contributed by atoms with E-state index in [1.165, 1.54) is 0 Å². The lowest BCUT2D eigenvalue weighted by atomic mass is 10.2. The molecule has 21 heavy (non-hydrogen) atoms. The molecule has 0 saturated heterocycles. The molecule has 1 N–H and O–H groups in total. The Bertz CT molecular complexity index is 646. The summed E-state index contributed by atoms with van der Waals surface area (Å²) in [5.74, 6) is 1.06. The topological polar surface area (TPSA) is 21.3 Å². The van der Waals surface area contributed by atoms with Crippen LogP contribution in [-0.4, -0.2) is 6.54 Å². The first kappa shape index (κ1) is 16.7. The highest BCUT2D eigenvalue weighted by atomic mass is 35.5. The molecule has 0 aliphatic carbocycles. The number of benzene rings is 2. The molecule has 0 aliphatic rings. The highest BCUT2D eigenvalue weighted by Gasteiger charge is 2.11. The molecule has 2 aromatic rings. The van der Waals surface area contributed by atoms with Gasteiger partial charge in [0.2, 0.25) is 0 Å². The maximum absolute atomic E-state index is 6.13. The molecular weight excluding hydrogens is 352 g/mol. The smallest absolute Gasteiger partial charge is 0.147 e. The fourth-order valence-electron chi connectivity index (χ4n) is 1.73. The van der Waals surface area contributed by atoms with E-state index in [2.05, 4.69) is 5.32 Å². The minimum atomic E-state index is 0.381. The van der Waals surface area contributed by atoms with E-state index >= 15 is 0 Å². The minimum absolute atomic E-state index is 0.381. The first-order valence-corrected chi connectivity index (χ1v) is 7.84. The summed E-state index contributed by atoms with van der Waals surface area (Å²) >= 11 is 24.1. The lowest BCUT2D eigenvalue weighted by Crippen LogP contribution is -2.12. The van der Waals surface area contributed by atoms with Crippen LogP contribution in [0.3, 0.4) is 0 Å². The van der Waals surface area contributed by atoms with Gasteiger partial charge in [0.25, 0.3) is 0 Å². The maximum Gasteiger partial charge on any atom is 0.147 e. The highest BCUT2D eigenvalue weighted by Crippen LogP contribution is 2.37. The summed E-state index contributed by atoms with van der Waals surface area (Å²) in [5, 5.41) is 4.98. The van der Waals surface area contributed by atoms with E-state index < -0.39 is 0 Å². The van der Waals surface area contributed by atoms with Gasteiger partial charge in [-0.3, -0.25) is 0 Å². The number of nitrogens with one attached hydrogen (secondary N) is 1. The number of ether oxygens (including phenoxy) is 1. The van der Waals surface area contributed by atoms with Crippen LogP contribution in [-0.2, 0) is 6.54 Å². The van der Waals surface area contributed by atoms with Gasteiger partial charge < -0.3 is 10.1 Å². The average Bonchev–Trinajstić information content (AvgIpc) is 2.44. The van der Waals surface area contributed by atoms with Gasteiger partial charge in [-0.25, -0.2) is 0 Å². The van der Waals surface area contributed by atoms with Crippen molar-refractivity contribution in [3.8, 4) is 11.5 Å². The number of hydrogen-bond donors (Lipinski definition) is 1. The van der Waals surface area contributed by atoms with Crippen molar-refractivity contribution in [2.45, 2.75) is 13.5 Å². The van der Waals surface area contributed by atoms with Gasteiger partial charge in [0.1, 0.15) is 11.5 Å². The quantitative estimate of drug-likeness (QED) is 0.637. The van der Waals surface area contributed by atoms with Gasteiger partial charge in [0, 0.05) is 23.2 Å². The predicted octanol–water partition coefficient (Wildman–Crippen LogP) is 6.20. The van der Waals surface area contributed by atoms with E-state index in [9.17, 15) is 0 Å². The van der Waals surface area contributed by atoms with Crippen molar-refractivity contribution in [1.82, 2.24) is 5.32 Å². The molecule has 0 aliphatic heterocycles. The first-order chi connectivity index (χ1) is 10.0. The third kappa shape index (κ3) is 4.41. The predicted molar refractivity (Wildman–Crippen MR) is 90.4 cm³/mol. The summed E-state index contributed by atoms with van der Waals surface area (Å²) in [5.41, 5.74) is 0.975. The molecule has 0 saturated carbocycles. The summed E-state index contributed by atoms with van der Waals surface area (Å²) in [6, 6.07) is 8.61. The van der Waals surface area contributed by atoms with Crippen LogP contribution in [0.1, 0.15) is 12.5 Å². The normalized spacial score (nSPS) is 10.7. The van der Waals surface area contributed by atoms with Crippen molar-refractivity contribution in [3.63, 3.8) is 0 Å². The summed E-state index contributed by atoms with van der Waals surface area (Å²) in [6.07, 6.45) is 0. The zero-order chi connectivity index (χ0) is 15.4. The van der Waals surface area contributed by atoms with E-state index in [1.54, 1.807) is 18.2 Å². The standard InChI is InChI=1S/C15H13Cl4NO/c1-2-20-8-9-3-4-10(16)5-14(9)21-15-7-12(18)11(17)6-13(15)19/h3-7,20H,2,8H2,1H3. The SMILES string of the molecule is CCNCc1ccc(Cl)cc1Oc1cc(Cl)c(Cl)cc1Cl. The molecule has 0 amide bonds. The third-order valence-electron chi connectivity index (χ3n) is 2.79. The van der Waals surface area contributed by atoms with Gasteiger partial charge in [0.05, 0.1) is 15.1 Å². The Hall–Kier alpha value is -0.640. The second kappa shape index (κ2) is 7.57. The maximum atomic E-state index is 6.13. The van der Waals surface area contributed by atoms with Crippen LogP contribution in [0, 0.1) is 0 Å². The van der Waals surface area contributed by atoms with Crippen molar-refractivity contribution in [3.05, 3.63) is 56.0 Å². The molecule has 6 heteroatoms. The van der Waals surface area contributed by atoms with Gasteiger partial charge in [0.15, 0.2) is 0 Å². The molecule has 0 aromatic heterocycles. The molecule has 0 atom stereocenters. The van der Waals surface area contributed by atoms with Crippen LogP contribution in [0.2, 0.25) is 20.1 Å². The lowest BCUT2D eigenvalue weighted by molar-refractivity contribution is 0.473. The first-order valence-electron chi connectivity index (χ1n) is 6.32. The third-order valence-corrected chi connectivity index (χ3v) is 4.04. The van der Waals surface area contributed by atoms with Crippen LogP contribution in [0.5, 0.6) is 11.5 Å². The van der Waals surface area contributed by atoms with E-state index in [0.717, 1.165) is 12.1 Å². The van der Waals surface area contributed by atoms with E-state index in [-0.39, 0.29) is 0 Å². The number of rotatable bonds is 5. The van der Waals surface area contributed by atoms with Crippen molar-refractivity contribution in [2.24, 2.45) is 0 Å². The zero-order valence-corrected chi connectivity index (χ0v) is 14.2. The Labute approximate surface area is 143 Å². The minimum Gasteiger partial charge on any atom is -0.455 e. The average molecular weight is 365 g/mol. The molecule has 2 rings (SSSR count). The monoisotopic (exact) mass is 363 g/mol. The Morgan fingerprint density at radius 2 is 1.62 bits per heavy atom. The molecule has 0 radical (unpaired) electrons. The molecule has 0 spiro atoms. The van der Waals surface area contributed by atoms with Crippen molar-refractivity contribution in [2.75, 3.05) is 6.54 Å². The van der Waals surface area contributed by atoms with Crippen LogP contribution < -0.4 is 10.1 Å². The highest BCUT2D eigenvalue weighted by molar-refractivity contribution is 6.43. The van der Waals surface area contributed by atoms with Crippen molar-refractivity contribution < 1.29 is 4.74 Å². The fourth-order valence-corrected chi connectivity index (χ4v) is 2.47. The zero-order valence-electron chi connectivity index (χ0n) is 11.2. The largest absolute Gasteiger partial charge is 0.455 e. The van der Waals surface area contributed by atoms with E-state index in [4.69, 9.17) is 51.1 Å². The van der Waals surface area contributed by atoms with Crippen LogP contribution in [0.4, 0.5) is 0 Å². The molecule has 2 aromatic carbocycles. The fraction of sp³-hybridized carbons (Fsp3) is 0.200. The Morgan fingerprint density at radius 1 is 0.905 bits per heavy atom. The summed E-state index contributed by atoms with van der Waals surface area (Å²) in [7, 11) is 0. The lowest BCUT2D eigenvalue weighted by Gasteiger charge is -2.13. The van der Waals surface area contributed by atoms with Gasteiger partial charge in [-0.1, -0.05) is 59.4 Å². The number of halogens is 4. The van der Waals surface area contributed by atoms with Gasteiger partial charge >= 0.3 is 0 Å². The Morgan fingerprint density at radius 3 is 2.33 bits per heavy atom. The van der Waals surface area contributed by atoms with Gasteiger partial charge in [-0.05, 0) is 24.7 Å². The molecule has 0 heterocycles. The Kier molecular flexibility index (Phi) is 6.03. The second-order valence-corrected chi connectivity index (χ2v) is 5.99. The second-order valence-electron chi connectivity index (χ2n) is 4.33. The van der Waals surface area contributed by atoms with Gasteiger partial charge in [-0.15, -0.1) is 0 Å². The molecule has 0 unspecified atom stereocenters. The van der Waals surface area contributed by atoms with Crippen LogP contribution in [0.15, 0.2) is 30.3 Å². The van der Waals surface area contributed by atoms with Gasteiger partial charge in [-0.2, -0.15) is 0 Å².